The van der Waals surface area contributed by atoms with E-state index in [9.17, 15) is 9.59 Å². The predicted octanol–water partition coefficient (Wildman–Crippen LogP) is 4.36. The number of ether oxygens (including phenoxy) is 1. The van der Waals surface area contributed by atoms with E-state index in [0.29, 0.717) is 35.0 Å². The van der Waals surface area contributed by atoms with E-state index in [1.165, 1.54) is 7.11 Å². The molecule has 6 heteroatoms. The molecular weight excluding hydrogens is 364 g/mol. The molecule has 0 aromatic heterocycles. The molecule has 2 aromatic rings. The highest BCUT2D eigenvalue weighted by Gasteiger charge is 2.36. The number of amides is 2. The van der Waals surface area contributed by atoms with Gasteiger partial charge in [-0.05, 0) is 42.2 Å². The highest BCUT2D eigenvalue weighted by atomic mass is 35.5. The Hall–Kier alpha value is -2.53. The van der Waals surface area contributed by atoms with Gasteiger partial charge in [0.2, 0.25) is 5.91 Å². The Labute approximate surface area is 164 Å². The fourth-order valence-electron chi connectivity index (χ4n) is 3.34. The maximum absolute atomic E-state index is 13.1. The molecule has 5 nitrogen and oxygen atoms in total. The van der Waals surface area contributed by atoms with Gasteiger partial charge < -0.3 is 15.0 Å². The predicted molar refractivity (Wildman–Crippen MR) is 106 cm³/mol. The van der Waals surface area contributed by atoms with Crippen molar-refractivity contribution < 1.29 is 14.3 Å². The number of rotatable bonds is 6. The summed E-state index contributed by atoms with van der Waals surface area (Å²) in [4.78, 5) is 27.6. The van der Waals surface area contributed by atoms with Crippen molar-refractivity contribution in [1.29, 1.82) is 0 Å². The summed E-state index contributed by atoms with van der Waals surface area (Å²) in [5.41, 5.74) is 2.11. The van der Waals surface area contributed by atoms with Crippen molar-refractivity contribution in [2.45, 2.75) is 32.9 Å². The second-order valence-corrected chi connectivity index (χ2v) is 7.51. The molecule has 0 saturated carbocycles. The third-order valence-corrected chi connectivity index (χ3v) is 4.88. The van der Waals surface area contributed by atoms with Crippen LogP contribution in [0.2, 0.25) is 5.02 Å². The number of hydrogen-bond donors (Lipinski definition) is 1. The van der Waals surface area contributed by atoms with Crippen molar-refractivity contribution in [3.8, 4) is 5.75 Å². The second kappa shape index (κ2) is 8.01. The average molecular weight is 387 g/mol. The lowest BCUT2D eigenvalue weighted by Gasteiger charge is -2.28. The van der Waals surface area contributed by atoms with Crippen LogP contribution in [0.15, 0.2) is 42.5 Å². The molecule has 3 rings (SSSR count). The fraction of sp³-hybridized carbons (Fsp3) is 0.333. The molecule has 0 saturated heterocycles. The molecule has 1 aliphatic rings. The second-order valence-electron chi connectivity index (χ2n) is 7.07. The van der Waals surface area contributed by atoms with Crippen molar-refractivity contribution in [3.63, 3.8) is 0 Å². The lowest BCUT2D eigenvalue weighted by molar-refractivity contribution is -0.121. The van der Waals surface area contributed by atoms with E-state index < -0.39 is 6.04 Å². The number of nitrogens with zero attached hydrogens (tertiary/aromatic N) is 1. The molecule has 1 aliphatic heterocycles. The van der Waals surface area contributed by atoms with E-state index in [-0.39, 0.29) is 17.7 Å². The number of fused-ring (bicyclic) bond motifs is 1. The van der Waals surface area contributed by atoms with Gasteiger partial charge in [-0.3, -0.25) is 9.59 Å². The average Bonchev–Trinajstić information content (AvgIpc) is 2.96. The number of halogens is 1. The minimum atomic E-state index is -0.575. The molecule has 27 heavy (non-hydrogen) atoms. The van der Waals surface area contributed by atoms with Gasteiger partial charge in [0.05, 0.1) is 12.8 Å². The third kappa shape index (κ3) is 4.08. The summed E-state index contributed by atoms with van der Waals surface area (Å²) in [5.74, 6) is 0.417. The van der Waals surface area contributed by atoms with Crippen LogP contribution in [0.1, 0.15) is 36.2 Å². The Bertz CT molecular complexity index is 866. The molecule has 0 unspecified atom stereocenters. The number of nitrogens with one attached hydrogen (secondary N) is 1. The lowest BCUT2D eigenvalue weighted by atomic mass is 10.0. The number of anilines is 1. The highest BCUT2D eigenvalue weighted by molar-refractivity contribution is 6.31. The SMILES string of the molecule is COc1ccc(Cl)cc1NC(=O)[C@H](CC(C)C)N1Cc2ccccc2C1=O. The molecule has 2 amide bonds. The minimum absolute atomic E-state index is 0.107. The van der Waals surface area contributed by atoms with Crippen molar-refractivity contribution in [3.05, 3.63) is 58.6 Å². The van der Waals surface area contributed by atoms with Gasteiger partial charge in [-0.25, -0.2) is 0 Å². The van der Waals surface area contributed by atoms with Crippen LogP contribution < -0.4 is 10.1 Å². The summed E-state index contributed by atoms with van der Waals surface area (Å²) in [6.45, 7) is 4.51. The Morgan fingerprint density at radius 2 is 2.00 bits per heavy atom. The maximum atomic E-state index is 13.1. The van der Waals surface area contributed by atoms with Crippen molar-refractivity contribution >= 4 is 29.1 Å². The Morgan fingerprint density at radius 1 is 1.26 bits per heavy atom. The molecule has 0 fully saturated rings. The Balaban J connectivity index is 1.87. The number of benzene rings is 2. The fourth-order valence-corrected chi connectivity index (χ4v) is 3.52. The Morgan fingerprint density at radius 3 is 2.67 bits per heavy atom. The smallest absolute Gasteiger partial charge is 0.255 e. The first-order valence-corrected chi connectivity index (χ1v) is 9.31. The van der Waals surface area contributed by atoms with Crippen LogP contribution in [0.5, 0.6) is 5.75 Å². The van der Waals surface area contributed by atoms with Gasteiger partial charge in [-0.15, -0.1) is 0 Å². The van der Waals surface area contributed by atoms with Gasteiger partial charge in [-0.1, -0.05) is 43.6 Å². The zero-order valence-corrected chi connectivity index (χ0v) is 16.4. The topological polar surface area (TPSA) is 58.6 Å². The number of methoxy groups -OCH3 is 1. The van der Waals surface area contributed by atoms with Crippen LogP contribution in [0.25, 0.3) is 0 Å². The van der Waals surface area contributed by atoms with E-state index >= 15 is 0 Å². The molecule has 0 radical (unpaired) electrons. The van der Waals surface area contributed by atoms with E-state index in [1.807, 2.05) is 38.1 Å². The van der Waals surface area contributed by atoms with Crippen LogP contribution >= 0.6 is 11.6 Å². The molecule has 142 valence electrons. The number of carbonyl (C=O) groups is 2. The molecule has 0 aliphatic carbocycles. The molecular formula is C21H23ClN2O3. The zero-order chi connectivity index (χ0) is 19.6. The zero-order valence-electron chi connectivity index (χ0n) is 15.7. The van der Waals surface area contributed by atoms with Gasteiger partial charge in [0.1, 0.15) is 11.8 Å². The number of hydrogen-bond acceptors (Lipinski definition) is 3. The molecule has 1 heterocycles. The summed E-state index contributed by atoms with van der Waals surface area (Å²) in [6.07, 6.45) is 0.564. The molecule has 0 spiro atoms. The summed E-state index contributed by atoms with van der Waals surface area (Å²) in [5, 5.41) is 3.39. The standard InChI is InChI=1S/C21H23ClN2O3/c1-13(2)10-18(24-12-14-6-4-5-7-16(14)21(24)26)20(25)23-17-11-15(22)8-9-19(17)27-3/h4-9,11,13,18H,10,12H2,1-3H3,(H,23,25)/t18-/m0/s1. The summed E-state index contributed by atoms with van der Waals surface area (Å²) in [6, 6.07) is 12.0. The van der Waals surface area contributed by atoms with Gasteiger partial charge in [0.25, 0.3) is 5.91 Å². The highest BCUT2D eigenvalue weighted by Crippen LogP contribution is 2.30. The maximum Gasteiger partial charge on any atom is 0.255 e. The van der Waals surface area contributed by atoms with Gasteiger partial charge in [0.15, 0.2) is 0 Å². The molecule has 0 bridgehead atoms. The molecule has 1 atom stereocenters. The first-order valence-electron chi connectivity index (χ1n) is 8.94. The summed E-state index contributed by atoms with van der Waals surface area (Å²) < 4.78 is 5.31. The van der Waals surface area contributed by atoms with Gasteiger partial charge in [-0.2, -0.15) is 0 Å². The summed E-state index contributed by atoms with van der Waals surface area (Å²) in [7, 11) is 1.53. The van der Waals surface area contributed by atoms with E-state index in [2.05, 4.69) is 5.32 Å². The number of carbonyl (C=O) groups excluding carboxylic acids is 2. The van der Waals surface area contributed by atoms with Crippen LogP contribution in [0.3, 0.4) is 0 Å². The Kier molecular flexibility index (Phi) is 5.71. The van der Waals surface area contributed by atoms with E-state index in [1.54, 1.807) is 23.1 Å². The van der Waals surface area contributed by atoms with Crippen molar-refractivity contribution in [2.75, 3.05) is 12.4 Å². The van der Waals surface area contributed by atoms with Crippen LogP contribution in [0, 0.1) is 5.92 Å². The normalized spacial score (nSPS) is 14.3. The molecule has 1 N–H and O–H groups in total. The van der Waals surface area contributed by atoms with Crippen molar-refractivity contribution in [1.82, 2.24) is 4.90 Å². The largest absolute Gasteiger partial charge is 0.495 e. The van der Waals surface area contributed by atoms with Crippen LogP contribution in [0.4, 0.5) is 5.69 Å². The van der Waals surface area contributed by atoms with Crippen LogP contribution in [-0.4, -0.2) is 29.9 Å². The van der Waals surface area contributed by atoms with Crippen LogP contribution in [-0.2, 0) is 11.3 Å². The molecule has 2 aromatic carbocycles. The minimum Gasteiger partial charge on any atom is -0.495 e. The lowest BCUT2D eigenvalue weighted by Crippen LogP contribution is -2.45. The first-order chi connectivity index (χ1) is 12.9. The monoisotopic (exact) mass is 386 g/mol. The third-order valence-electron chi connectivity index (χ3n) is 4.64. The first kappa shape index (κ1) is 19.2. The van der Waals surface area contributed by atoms with Gasteiger partial charge in [0, 0.05) is 17.1 Å². The van der Waals surface area contributed by atoms with E-state index in [0.717, 1.165) is 5.56 Å². The van der Waals surface area contributed by atoms with Crippen molar-refractivity contribution in [2.24, 2.45) is 5.92 Å². The quantitative estimate of drug-likeness (QED) is 0.802. The van der Waals surface area contributed by atoms with E-state index in [4.69, 9.17) is 16.3 Å². The summed E-state index contributed by atoms with van der Waals surface area (Å²) >= 11 is 6.06. The van der Waals surface area contributed by atoms with Gasteiger partial charge >= 0.3 is 0 Å².